The number of Topliss-reactive ketones (excluding diaryl/α,β-unsaturated/α-hetero) is 1. The predicted octanol–water partition coefficient (Wildman–Crippen LogP) is 3.32. The molecule has 1 atom stereocenters. The van der Waals surface area contributed by atoms with Crippen LogP contribution in [0.2, 0.25) is 0 Å². The van der Waals surface area contributed by atoms with Crippen molar-refractivity contribution >= 4 is 29.3 Å². The van der Waals surface area contributed by atoms with Crippen LogP contribution in [0.5, 0.6) is 0 Å². The number of carbonyl (C=O) groups excluding carboxylic acids is 4. The number of amides is 4. The molecule has 0 unspecified atom stereocenters. The summed E-state index contributed by atoms with van der Waals surface area (Å²) in [6, 6.07) is 14.7. The Hall–Kier alpha value is -3.48. The number of rotatable bonds is 5. The number of urea groups is 1. The van der Waals surface area contributed by atoms with Gasteiger partial charge in [0.15, 0.2) is 5.78 Å². The van der Waals surface area contributed by atoms with E-state index in [4.69, 9.17) is 0 Å². The molecule has 1 aliphatic rings. The van der Waals surface area contributed by atoms with Gasteiger partial charge in [-0.05, 0) is 36.8 Å². The van der Waals surface area contributed by atoms with E-state index < -0.39 is 22.9 Å². The van der Waals surface area contributed by atoms with Gasteiger partial charge in [0.2, 0.25) is 5.91 Å². The Kier molecular flexibility index (Phi) is 5.48. The van der Waals surface area contributed by atoms with Gasteiger partial charge >= 0.3 is 6.03 Å². The van der Waals surface area contributed by atoms with Crippen molar-refractivity contribution in [2.45, 2.75) is 33.2 Å². The average Bonchev–Trinajstić information content (AvgIpc) is 2.92. The van der Waals surface area contributed by atoms with E-state index in [2.05, 4.69) is 10.6 Å². The number of nitrogens with zero attached hydrogens (tertiary/aromatic N) is 1. The standard InChI is InChI=1S/C23H25N3O4/c1-22(2,3)19(28)24-17-12-10-15(11-13-17)18(27)14-26-20(29)23(4,25-21(26)30)16-8-6-5-7-9-16/h5-13H,14H2,1-4H3,(H,24,28)(H,25,30)/t23-/m1/s1. The van der Waals surface area contributed by atoms with Crippen LogP contribution in [0.25, 0.3) is 0 Å². The van der Waals surface area contributed by atoms with Crippen molar-refractivity contribution in [3.63, 3.8) is 0 Å². The molecule has 4 amide bonds. The van der Waals surface area contributed by atoms with Crippen LogP contribution < -0.4 is 10.6 Å². The van der Waals surface area contributed by atoms with Crippen LogP contribution in [0.15, 0.2) is 54.6 Å². The summed E-state index contributed by atoms with van der Waals surface area (Å²) in [6.45, 7) is 6.69. The zero-order valence-electron chi connectivity index (χ0n) is 17.5. The molecule has 0 saturated carbocycles. The van der Waals surface area contributed by atoms with E-state index in [-0.39, 0.29) is 18.2 Å². The number of benzene rings is 2. The summed E-state index contributed by atoms with van der Waals surface area (Å²) < 4.78 is 0. The fraction of sp³-hybridized carbons (Fsp3) is 0.304. The number of anilines is 1. The molecule has 1 heterocycles. The van der Waals surface area contributed by atoms with Gasteiger partial charge in [-0.2, -0.15) is 0 Å². The lowest BCUT2D eigenvalue weighted by molar-refractivity contribution is -0.130. The monoisotopic (exact) mass is 407 g/mol. The molecule has 0 aromatic heterocycles. The molecule has 156 valence electrons. The van der Waals surface area contributed by atoms with Crippen LogP contribution in [0.4, 0.5) is 10.5 Å². The van der Waals surface area contributed by atoms with Crippen molar-refractivity contribution in [3.8, 4) is 0 Å². The van der Waals surface area contributed by atoms with Crippen molar-refractivity contribution in [2.24, 2.45) is 5.41 Å². The fourth-order valence-electron chi connectivity index (χ4n) is 3.10. The van der Waals surface area contributed by atoms with E-state index >= 15 is 0 Å². The van der Waals surface area contributed by atoms with Gasteiger partial charge in [0.05, 0.1) is 6.54 Å². The minimum atomic E-state index is -1.21. The van der Waals surface area contributed by atoms with Gasteiger partial charge in [0.1, 0.15) is 5.54 Å². The Morgan fingerprint density at radius 1 is 1.00 bits per heavy atom. The Bertz CT molecular complexity index is 993. The van der Waals surface area contributed by atoms with Crippen molar-refractivity contribution in [2.75, 3.05) is 11.9 Å². The minimum absolute atomic E-state index is 0.138. The second-order valence-electron chi connectivity index (χ2n) is 8.52. The number of hydrogen-bond acceptors (Lipinski definition) is 4. The van der Waals surface area contributed by atoms with Gasteiger partial charge in [-0.3, -0.25) is 19.3 Å². The molecule has 1 fully saturated rings. The molecule has 0 aliphatic carbocycles. The van der Waals surface area contributed by atoms with E-state index in [9.17, 15) is 19.2 Å². The molecule has 7 nitrogen and oxygen atoms in total. The highest BCUT2D eigenvalue weighted by Gasteiger charge is 2.49. The maximum atomic E-state index is 12.9. The molecule has 0 bridgehead atoms. The molecule has 1 aliphatic heterocycles. The first-order valence-corrected chi connectivity index (χ1v) is 9.67. The highest BCUT2D eigenvalue weighted by atomic mass is 16.2. The van der Waals surface area contributed by atoms with Crippen LogP contribution in [0.1, 0.15) is 43.6 Å². The second kappa shape index (κ2) is 7.74. The van der Waals surface area contributed by atoms with E-state index in [0.29, 0.717) is 16.8 Å². The van der Waals surface area contributed by atoms with E-state index in [1.165, 1.54) is 0 Å². The van der Waals surface area contributed by atoms with Gasteiger partial charge < -0.3 is 10.6 Å². The average molecular weight is 407 g/mol. The largest absolute Gasteiger partial charge is 0.326 e. The molecular formula is C23H25N3O4. The topological polar surface area (TPSA) is 95.6 Å². The third-order valence-corrected chi connectivity index (χ3v) is 5.07. The maximum absolute atomic E-state index is 12.9. The summed E-state index contributed by atoms with van der Waals surface area (Å²) in [5.74, 6) is -0.980. The van der Waals surface area contributed by atoms with Crippen molar-refractivity contribution in [1.29, 1.82) is 0 Å². The van der Waals surface area contributed by atoms with Gasteiger partial charge in [-0.1, -0.05) is 51.1 Å². The predicted molar refractivity (Wildman–Crippen MR) is 113 cm³/mol. The quantitative estimate of drug-likeness (QED) is 0.587. The SMILES string of the molecule is CC(C)(C)C(=O)Nc1ccc(C(=O)CN2C(=O)N[C@](C)(c3ccccc3)C2=O)cc1. The highest BCUT2D eigenvalue weighted by molar-refractivity contribution is 6.11. The third kappa shape index (κ3) is 4.10. The van der Waals surface area contributed by atoms with Gasteiger partial charge in [-0.15, -0.1) is 0 Å². The number of imide groups is 1. The van der Waals surface area contributed by atoms with Gasteiger partial charge in [-0.25, -0.2) is 4.79 Å². The molecule has 1 saturated heterocycles. The highest BCUT2D eigenvalue weighted by Crippen LogP contribution is 2.28. The van der Waals surface area contributed by atoms with Gasteiger partial charge in [0, 0.05) is 16.7 Å². The third-order valence-electron chi connectivity index (χ3n) is 5.07. The molecular weight excluding hydrogens is 382 g/mol. The van der Waals surface area contributed by atoms with Crippen LogP contribution in [-0.2, 0) is 15.1 Å². The fourth-order valence-corrected chi connectivity index (χ4v) is 3.10. The molecule has 2 N–H and O–H groups in total. The normalized spacial score (nSPS) is 18.9. The molecule has 3 rings (SSSR count). The van der Waals surface area contributed by atoms with Crippen molar-refractivity contribution in [1.82, 2.24) is 10.2 Å². The molecule has 2 aromatic carbocycles. The zero-order chi connectivity index (χ0) is 22.1. The van der Waals surface area contributed by atoms with Crippen LogP contribution in [0.3, 0.4) is 0 Å². The number of hydrogen-bond donors (Lipinski definition) is 2. The lowest BCUT2D eigenvalue weighted by atomic mass is 9.92. The van der Waals surface area contributed by atoms with E-state index in [1.54, 1.807) is 55.5 Å². The Morgan fingerprint density at radius 3 is 2.17 bits per heavy atom. The summed E-state index contributed by atoms with van der Waals surface area (Å²) in [6.07, 6.45) is 0. The first kappa shape index (κ1) is 21.2. The van der Waals surface area contributed by atoms with E-state index in [0.717, 1.165) is 4.90 Å². The lowest BCUT2D eigenvalue weighted by Crippen LogP contribution is -2.41. The summed E-state index contributed by atoms with van der Waals surface area (Å²) in [7, 11) is 0. The van der Waals surface area contributed by atoms with Gasteiger partial charge in [0.25, 0.3) is 5.91 Å². The van der Waals surface area contributed by atoms with Crippen LogP contribution >= 0.6 is 0 Å². The van der Waals surface area contributed by atoms with Crippen LogP contribution in [0, 0.1) is 5.41 Å². The Labute approximate surface area is 175 Å². The maximum Gasteiger partial charge on any atom is 0.325 e. The number of ketones is 1. The summed E-state index contributed by atoms with van der Waals surface area (Å²) >= 11 is 0. The summed E-state index contributed by atoms with van der Waals surface area (Å²) in [5, 5.41) is 5.47. The second-order valence-corrected chi connectivity index (χ2v) is 8.52. The molecule has 0 radical (unpaired) electrons. The summed E-state index contributed by atoms with van der Waals surface area (Å²) in [5.41, 5.74) is -0.184. The first-order valence-electron chi connectivity index (χ1n) is 9.67. The minimum Gasteiger partial charge on any atom is -0.326 e. The molecule has 7 heteroatoms. The van der Waals surface area contributed by atoms with Crippen LogP contribution in [-0.4, -0.2) is 35.1 Å². The van der Waals surface area contributed by atoms with E-state index in [1.807, 2.05) is 26.8 Å². The summed E-state index contributed by atoms with van der Waals surface area (Å²) in [4.78, 5) is 51.0. The number of nitrogens with one attached hydrogen (secondary N) is 2. The lowest BCUT2D eigenvalue weighted by Gasteiger charge is -2.22. The first-order chi connectivity index (χ1) is 14.0. The zero-order valence-corrected chi connectivity index (χ0v) is 17.5. The Balaban J connectivity index is 1.71. The van der Waals surface area contributed by atoms with Crippen molar-refractivity contribution < 1.29 is 19.2 Å². The smallest absolute Gasteiger partial charge is 0.325 e. The molecule has 0 spiro atoms. The molecule has 30 heavy (non-hydrogen) atoms. The Morgan fingerprint density at radius 2 is 1.60 bits per heavy atom. The number of carbonyl (C=O) groups is 4. The van der Waals surface area contributed by atoms with Crippen molar-refractivity contribution in [3.05, 3.63) is 65.7 Å². The molecule has 2 aromatic rings.